The van der Waals surface area contributed by atoms with Gasteiger partial charge in [0.15, 0.2) is 5.82 Å². The quantitative estimate of drug-likeness (QED) is 0.207. The second-order valence-electron chi connectivity index (χ2n) is 6.99. The van der Waals surface area contributed by atoms with Crippen molar-refractivity contribution in [1.29, 1.82) is 5.41 Å². The van der Waals surface area contributed by atoms with Gasteiger partial charge in [-0.15, -0.1) is 0 Å². The fraction of sp³-hybridized carbons (Fsp3) is 0.0909. The molecule has 12 heteroatoms. The molecule has 0 bridgehead atoms. The number of halogens is 4. The molecule has 0 atom stereocenters. The number of aromatic nitrogens is 1. The summed E-state index contributed by atoms with van der Waals surface area (Å²) in [6, 6.07) is 8.43. The number of quaternary nitrogens is 1. The minimum atomic E-state index is -4.69. The molecule has 3 rings (SSSR count). The number of allylic oxidation sites excluding steroid dienone is 1. The van der Waals surface area contributed by atoms with E-state index in [1.165, 1.54) is 42.0 Å². The Hall–Kier alpha value is -3.77. The summed E-state index contributed by atoms with van der Waals surface area (Å²) in [5, 5.41) is 10.0. The van der Waals surface area contributed by atoms with Crippen LogP contribution in [0.1, 0.15) is 11.1 Å². The normalized spacial score (nSPS) is 11.9. The largest absolute Gasteiger partial charge is 0.384 e. The Bertz CT molecular complexity index is 1360. The predicted molar refractivity (Wildman–Crippen MR) is 120 cm³/mol. The van der Waals surface area contributed by atoms with E-state index in [2.05, 4.69) is 4.98 Å². The molecule has 0 spiro atoms. The van der Waals surface area contributed by atoms with Crippen LogP contribution in [0.25, 0.3) is 5.57 Å². The van der Waals surface area contributed by atoms with Crippen molar-refractivity contribution in [2.45, 2.75) is 4.90 Å². The van der Waals surface area contributed by atoms with Crippen molar-refractivity contribution in [3.63, 3.8) is 0 Å². The van der Waals surface area contributed by atoms with Crippen LogP contribution in [0.2, 0.25) is 0 Å². The SMILES string of the molecule is N=C(C(=C[NH2+]CCF)c1ccnc(N)c1)c1cccc(NS(=O)(=O)c2cc(F)ccc2F)c1F. The van der Waals surface area contributed by atoms with Crippen molar-refractivity contribution >= 4 is 32.8 Å². The number of nitrogens with two attached hydrogens (primary N) is 2. The van der Waals surface area contributed by atoms with Crippen LogP contribution in [-0.4, -0.2) is 32.3 Å². The highest BCUT2D eigenvalue weighted by molar-refractivity contribution is 7.92. The molecule has 0 aliphatic heterocycles. The molecule has 1 aromatic heterocycles. The second kappa shape index (κ2) is 10.4. The topological polar surface area (TPSA) is 126 Å². The minimum absolute atomic E-state index is 0.0544. The Morgan fingerprint density at radius 2 is 1.91 bits per heavy atom. The maximum Gasteiger partial charge on any atom is 0.265 e. The van der Waals surface area contributed by atoms with Crippen molar-refractivity contribution in [3.05, 3.63) is 89.5 Å². The van der Waals surface area contributed by atoms with Gasteiger partial charge in [-0.25, -0.2) is 31.0 Å². The maximum atomic E-state index is 15.3. The van der Waals surface area contributed by atoms with Crippen LogP contribution >= 0.6 is 0 Å². The third-order valence-corrected chi connectivity index (χ3v) is 6.00. The van der Waals surface area contributed by atoms with Crippen molar-refractivity contribution in [1.82, 2.24) is 4.98 Å². The Kier molecular flexibility index (Phi) is 7.64. The Morgan fingerprint density at radius 3 is 2.62 bits per heavy atom. The highest BCUT2D eigenvalue weighted by atomic mass is 32.2. The van der Waals surface area contributed by atoms with Crippen LogP contribution in [0, 0.1) is 22.9 Å². The molecule has 34 heavy (non-hydrogen) atoms. The van der Waals surface area contributed by atoms with E-state index in [1.807, 2.05) is 4.72 Å². The van der Waals surface area contributed by atoms with Crippen LogP contribution in [0.4, 0.5) is 29.1 Å². The summed E-state index contributed by atoms with van der Waals surface area (Å²) in [4.78, 5) is 2.87. The lowest BCUT2D eigenvalue weighted by atomic mass is 9.96. The molecule has 0 saturated heterocycles. The zero-order valence-electron chi connectivity index (χ0n) is 17.5. The van der Waals surface area contributed by atoms with Gasteiger partial charge in [-0.05, 0) is 48.0 Å². The molecule has 178 valence electrons. The van der Waals surface area contributed by atoms with Gasteiger partial charge >= 0.3 is 0 Å². The molecule has 7 nitrogen and oxygen atoms in total. The van der Waals surface area contributed by atoms with Crippen LogP contribution in [0.15, 0.2) is 65.8 Å². The number of nitrogen functional groups attached to an aromatic ring is 1. The maximum absolute atomic E-state index is 15.3. The van der Waals surface area contributed by atoms with Gasteiger partial charge in [0.2, 0.25) is 0 Å². The zero-order valence-corrected chi connectivity index (χ0v) is 18.3. The molecular formula is C22H20F4N5O2S+. The molecule has 0 radical (unpaired) electrons. The lowest BCUT2D eigenvalue weighted by molar-refractivity contribution is -0.587. The summed E-state index contributed by atoms with van der Waals surface area (Å²) in [5.74, 6) is -3.19. The van der Waals surface area contributed by atoms with Gasteiger partial charge in [0.1, 0.15) is 41.8 Å². The number of sulfonamides is 1. The van der Waals surface area contributed by atoms with E-state index >= 15 is 4.39 Å². The van der Waals surface area contributed by atoms with Gasteiger partial charge in [-0.1, -0.05) is 6.07 Å². The van der Waals surface area contributed by atoms with E-state index in [0.717, 1.165) is 12.1 Å². The molecular weight excluding hydrogens is 474 g/mol. The van der Waals surface area contributed by atoms with Gasteiger partial charge in [-0.2, -0.15) is 0 Å². The molecule has 0 unspecified atom stereocenters. The number of rotatable bonds is 9. The summed E-state index contributed by atoms with van der Waals surface area (Å²) in [6.07, 6.45) is 2.81. The smallest absolute Gasteiger partial charge is 0.265 e. The van der Waals surface area contributed by atoms with Crippen molar-refractivity contribution < 1.29 is 31.3 Å². The summed E-state index contributed by atoms with van der Waals surface area (Å²) in [5.41, 5.74) is 5.06. The number of alkyl halides is 1. The second-order valence-corrected chi connectivity index (χ2v) is 8.64. The van der Waals surface area contributed by atoms with E-state index in [-0.39, 0.29) is 29.2 Å². The van der Waals surface area contributed by atoms with E-state index in [4.69, 9.17) is 11.1 Å². The minimum Gasteiger partial charge on any atom is -0.384 e. The summed E-state index contributed by atoms with van der Waals surface area (Å²) in [7, 11) is -4.69. The van der Waals surface area contributed by atoms with Crippen LogP contribution < -0.4 is 15.8 Å². The molecule has 2 aromatic carbocycles. The number of pyridine rings is 1. The molecule has 3 aromatic rings. The van der Waals surface area contributed by atoms with Gasteiger partial charge in [-0.3, -0.25) is 10.1 Å². The monoisotopic (exact) mass is 494 g/mol. The van der Waals surface area contributed by atoms with Gasteiger partial charge in [0, 0.05) is 11.8 Å². The Balaban J connectivity index is 2.01. The van der Waals surface area contributed by atoms with Crippen LogP contribution in [-0.2, 0) is 10.0 Å². The Labute approximate surface area is 192 Å². The summed E-state index contributed by atoms with van der Waals surface area (Å²) in [6.45, 7) is -0.587. The molecule has 0 aliphatic rings. The molecule has 0 fully saturated rings. The van der Waals surface area contributed by atoms with Gasteiger partial charge in [0.05, 0.1) is 17.0 Å². The number of hydrogen-bond acceptors (Lipinski definition) is 5. The average molecular weight is 494 g/mol. The first-order valence-corrected chi connectivity index (χ1v) is 11.3. The highest BCUT2D eigenvalue weighted by Gasteiger charge is 2.24. The van der Waals surface area contributed by atoms with E-state index in [0.29, 0.717) is 17.7 Å². The summed E-state index contributed by atoms with van der Waals surface area (Å²) >= 11 is 0. The van der Waals surface area contributed by atoms with E-state index in [1.54, 1.807) is 0 Å². The third-order valence-electron chi connectivity index (χ3n) is 4.62. The molecule has 1 heterocycles. The number of anilines is 2. The third kappa shape index (κ3) is 5.58. The molecule has 0 aliphatic carbocycles. The lowest BCUT2D eigenvalue weighted by Gasteiger charge is -2.14. The zero-order chi connectivity index (χ0) is 24.9. The van der Waals surface area contributed by atoms with E-state index in [9.17, 15) is 21.6 Å². The number of nitrogens with one attached hydrogen (secondary N) is 2. The van der Waals surface area contributed by atoms with Gasteiger partial charge in [0.25, 0.3) is 10.0 Å². The van der Waals surface area contributed by atoms with Crippen molar-refractivity contribution in [2.24, 2.45) is 0 Å². The number of hydrogen-bond donors (Lipinski definition) is 4. The fourth-order valence-electron chi connectivity index (χ4n) is 3.04. The first-order valence-electron chi connectivity index (χ1n) is 9.81. The predicted octanol–water partition coefficient (Wildman–Crippen LogP) is 2.82. The fourth-order valence-corrected chi connectivity index (χ4v) is 4.19. The molecule has 6 N–H and O–H groups in total. The lowest BCUT2D eigenvalue weighted by Crippen LogP contribution is -2.79. The number of nitrogens with zero attached hydrogens (tertiary/aromatic N) is 1. The van der Waals surface area contributed by atoms with Crippen molar-refractivity contribution in [2.75, 3.05) is 23.7 Å². The first kappa shape index (κ1) is 24.9. The van der Waals surface area contributed by atoms with Crippen LogP contribution in [0.3, 0.4) is 0 Å². The molecule has 0 saturated carbocycles. The first-order chi connectivity index (χ1) is 16.1. The average Bonchev–Trinajstić information content (AvgIpc) is 2.79. The summed E-state index contributed by atoms with van der Waals surface area (Å²) < 4.78 is 82.4. The van der Waals surface area contributed by atoms with E-state index < -0.39 is 44.7 Å². The van der Waals surface area contributed by atoms with Crippen molar-refractivity contribution in [3.8, 4) is 0 Å². The number of benzene rings is 2. The van der Waals surface area contributed by atoms with Gasteiger partial charge < -0.3 is 11.1 Å². The standard InChI is InChI=1S/C22H19F4N5O2S/c23-7-9-29-12-16(13-6-8-30-20(27)10-13)22(28)15-2-1-3-18(21(15)26)31-34(32,33)19-11-14(24)4-5-17(19)25/h1-6,8,10-12,28-29,31H,7,9H2,(H2,27,30)/p+1. The van der Waals surface area contributed by atoms with Crippen LogP contribution in [0.5, 0.6) is 0 Å². The molecule has 0 amide bonds. The Morgan fingerprint density at radius 1 is 1.15 bits per heavy atom. The highest BCUT2D eigenvalue weighted by Crippen LogP contribution is 2.27.